The van der Waals surface area contributed by atoms with Crippen molar-refractivity contribution in [3.8, 4) is 11.5 Å². The molecule has 0 aliphatic carbocycles. The fourth-order valence-electron chi connectivity index (χ4n) is 2.29. The Morgan fingerprint density at radius 3 is 2.11 bits per heavy atom. The van der Waals surface area contributed by atoms with E-state index in [9.17, 15) is 9.59 Å². The van der Waals surface area contributed by atoms with Gasteiger partial charge in [-0.15, -0.1) is 0 Å². The largest absolute Gasteiger partial charge is 0.490 e. The van der Waals surface area contributed by atoms with Crippen LogP contribution in [0.3, 0.4) is 0 Å². The molecular formula is C20H23ClN2O4. The average Bonchev–Trinajstić information content (AvgIpc) is 2.66. The monoisotopic (exact) mass is 390 g/mol. The number of halogens is 1. The molecule has 0 unspecified atom stereocenters. The predicted octanol–water partition coefficient (Wildman–Crippen LogP) is 2.59. The van der Waals surface area contributed by atoms with Crippen LogP contribution in [0.1, 0.15) is 12.5 Å². The van der Waals surface area contributed by atoms with E-state index in [1.165, 1.54) is 0 Å². The van der Waals surface area contributed by atoms with Crippen LogP contribution in [0, 0.1) is 0 Å². The van der Waals surface area contributed by atoms with Crippen LogP contribution in [0.15, 0.2) is 48.5 Å². The topological polar surface area (TPSA) is 76.7 Å². The van der Waals surface area contributed by atoms with Crippen LogP contribution < -0.4 is 20.1 Å². The van der Waals surface area contributed by atoms with Crippen LogP contribution in [-0.2, 0) is 16.0 Å². The lowest BCUT2D eigenvalue weighted by Crippen LogP contribution is -2.37. The Labute approximate surface area is 163 Å². The summed E-state index contributed by atoms with van der Waals surface area (Å²) in [5, 5.41) is 6.08. The quantitative estimate of drug-likeness (QED) is 0.611. The average molecular weight is 391 g/mol. The van der Waals surface area contributed by atoms with Crippen LogP contribution in [-0.4, -0.2) is 38.1 Å². The normalized spacial score (nSPS) is 10.1. The van der Waals surface area contributed by atoms with Crippen LogP contribution in [0.25, 0.3) is 0 Å². The highest BCUT2D eigenvalue weighted by Gasteiger charge is 2.07. The fraction of sp³-hybridized carbons (Fsp3) is 0.300. The van der Waals surface area contributed by atoms with Crippen LogP contribution >= 0.6 is 11.6 Å². The molecule has 27 heavy (non-hydrogen) atoms. The number of para-hydroxylation sites is 2. The summed E-state index contributed by atoms with van der Waals surface area (Å²) < 4.78 is 10.9. The molecule has 2 rings (SSSR count). The van der Waals surface area contributed by atoms with Crippen LogP contribution in [0.5, 0.6) is 11.5 Å². The molecule has 0 atom stereocenters. The highest BCUT2D eigenvalue weighted by molar-refractivity contribution is 6.30. The Balaban J connectivity index is 1.63. The van der Waals surface area contributed by atoms with Crippen molar-refractivity contribution >= 4 is 23.4 Å². The SMILES string of the molecule is CCOc1ccccc1OCC(=O)NCCNC(=O)Cc1ccc(Cl)cc1. The van der Waals surface area contributed by atoms with Crippen molar-refractivity contribution in [2.75, 3.05) is 26.3 Å². The van der Waals surface area contributed by atoms with E-state index in [1.807, 2.05) is 19.1 Å². The van der Waals surface area contributed by atoms with Crippen molar-refractivity contribution in [1.82, 2.24) is 10.6 Å². The van der Waals surface area contributed by atoms with Crippen LogP contribution in [0.2, 0.25) is 5.02 Å². The van der Waals surface area contributed by atoms with Gasteiger partial charge in [0.1, 0.15) is 0 Å². The first-order chi connectivity index (χ1) is 13.1. The minimum atomic E-state index is -0.270. The maximum atomic E-state index is 11.9. The molecule has 0 aliphatic rings. The van der Waals surface area contributed by atoms with E-state index >= 15 is 0 Å². The first-order valence-corrected chi connectivity index (χ1v) is 9.08. The molecule has 0 saturated carbocycles. The third-order valence-corrected chi connectivity index (χ3v) is 3.81. The van der Waals surface area contributed by atoms with Gasteiger partial charge in [0.05, 0.1) is 13.0 Å². The van der Waals surface area contributed by atoms with Crippen LogP contribution in [0.4, 0.5) is 0 Å². The Kier molecular flexibility index (Phi) is 8.45. The molecule has 2 aromatic carbocycles. The maximum absolute atomic E-state index is 11.9. The van der Waals surface area contributed by atoms with Crippen molar-refractivity contribution in [3.05, 3.63) is 59.1 Å². The summed E-state index contributed by atoms with van der Waals surface area (Å²) in [6.45, 7) is 2.94. The number of ether oxygens (including phenoxy) is 2. The number of hydrogen-bond donors (Lipinski definition) is 2. The third kappa shape index (κ3) is 7.58. The summed E-state index contributed by atoms with van der Waals surface area (Å²) in [7, 11) is 0. The van der Waals surface area contributed by atoms with Crippen molar-refractivity contribution in [2.24, 2.45) is 0 Å². The Morgan fingerprint density at radius 2 is 1.48 bits per heavy atom. The van der Waals surface area contributed by atoms with Gasteiger partial charge in [-0.2, -0.15) is 0 Å². The lowest BCUT2D eigenvalue weighted by molar-refractivity contribution is -0.124. The fourth-order valence-corrected chi connectivity index (χ4v) is 2.42. The highest BCUT2D eigenvalue weighted by Crippen LogP contribution is 2.26. The summed E-state index contributed by atoms with van der Waals surface area (Å²) in [4.78, 5) is 23.7. The van der Waals surface area contributed by atoms with E-state index in [0.29, 0.717) is 36.2 Å². The molecule has 0 aromatic heterocycles. The molecule has 0 aliphatic heterocycles. The number of amides is 2. The molecule has 0 bridgehead atoms. The van der Waals surface area contributed by atoms with Gasteiger partial charge < -0.3 is 20.1 Å². The van der Waals surface area contributed by atoms with Crippen molar-refractivity contribution in [1.29, 1.82) is 0 Å². The van der Waals surface area contributed by atoms with E-state index < -0.39 is 0 Å². The molecule has 0 radical (unpaired) electrons. The summed E-state index contributed by atoms with van der Waals surface area (Å²) in [5.74, 6) is 0.731. The zero-order valence-corrected chi connectivity index (χ0v) is 15.9. The second kappa shape index (κ2) is 11.1. The maximum Gasteiger partial charge on any atom is 0.258 e. The molecule has 0 heterocycles. The van der Waals surface area contributed by atoms with E-state index in [-0.39, 0.29) is 24.8 Å². The number of rotatable bonds is 10. The molecule has 7 heteroatoms. The summed E-state index contributed by atoms with van der Waals surface area (Å²) in [6.07, 6.45) is 0.266. The molecule has 144 valence electrons. The lowest BCUT2D eigenvalue weighted by atomic mass is 10.1. The Hall–Kier alpha value is -2.73. The number of nitrogens with one attached hydrogen (secondary N) is 2. The summed E-state index contributed by atoms with van der Waals surface area (Å²) in [5.41, 5.74) is 0.877. The first kappa shape index (κ1) is 20.6. The number of hydrogen-bond acceptors (Lipinski definition) is 4. The highest BCUT2D eigenvalue weighted by atomic mass is 35.5. The van der Waals surface area contributed by atoms with Crippen molar-refractivity contribution in [2.45, 2.75) is 13.3 Å². The standard InChI is InChI=1S/C20H23ClN2O4/c1-2-26-17-5-3-4-6-18(17)27-14-20(25)23-12-11-22-19(24)13-15-7-9-16(21)10-8-15/h3-10H,2,11-14H2,1H3,(H,22,24)(H,23,25). The zero-order chi connectivity index (χ0) is 19.5. The van der Waals surface area contributed by atoms with E-state index in [1.54, 1.807) is 36.4 Å². The van der Waals surface area contributed by atoms with Crippen molar-refractivity contribution in [3.63, 3.8) is 0 Å². The first-order valence-electron chi connectivity index (χ1n) is 8.71. The van der Waals surface area contributed by atoms with E-state index in [2.05, 4.69) is 10.6 Å². The van der Waals surface area contributed by atoms with Gasteiger partial charge in [0.15, 0.2) is 18.1 Å². The second-order valence-electron chi connectivity index (χ2n) is 5.67. The van der Waals surface area contributed by atoms with E-state index in [0.717, 1.165) is 5.56 Å². The van der Waals surface area contributed by atoms with E-state index in [4.69, 9.17) is 21.1 Å². The summed E-state index contributed by atoms with van der Waals surface area (Å²) in [6, 6.07) is 14.3. The third-order valence-electron chi connectivity index (χ3n) is 3.56. The molecule has 0 saturated heterocycles. The number of benzene rings is 2. The van der Waals surface area contributed by atoms with Gasteiger partial charge in [-0.05, 0) is 36.8 Å². The number of carbonyl (C=O) groups excluding carboxylic acids is 2. The zero-order valence-electron chi connectivity index (χ0n) is 15.2. The van der Waals surface area contributed by atoms with Gasteiger partial charge in [-0.1, -0.05) is 35.9 Å². The van der Waals surface area contributed by atoms with Gasteiger partial charge in [0.25, 0.3) is 5.91 Å². The Bertz CT molecular complexity index is 750. The minimum absolute atomic E-state index is 0.117. The second-order valence-corrected chi connectivity index (χ2v) is 6.11. The van der Waals surface area contributed by atoms with Gasteiger partial charge in [0, 0.05) is 18.1 Å². The molecule has 6 nitrogen and oxygen atoms in total. The molecule has 0 fully saturated rings. The lowest BCUT2D eigenvalue weighted by Gasteiger charge is -2.12. The molecule has 2 amide bonds. The molecular weight excluding hydrogens is 368 g/mol. The predicted molar refractivity (Wildman–Crippen MR) is 104 cm³/mol. The van der Waals surface area contributed by atoms with Gasteiger partial charge in [-0.25, -0.2) is 0 Å². The smallest absolute Gasteiger partial charge is 0.258 e. The number of carbonyl (C=O) groups is 2. The van der Waals surface area contributed by atoms with Gasteiger partial charge in [0.2, 0.25) is 5.91 Å². The Morgan fingerprint density at radius 1 is 0.889 bits per heavy atom. The van der Waals surface area contributed by atoms with Crippen molar-refractivity contribution < 1.29 is 19.1 Å². The molecule has 2 aromatic rings. The molecule has 0 spiro atoms. The van der Waals surface area contributed by atoms with Gasteiger partial charge >= 0.3 is 0 Å². The van der Waals surface area contributed by atoms with Gasteiger partial charge in [-0.3, -0.25) is 9.59 Å². The molecule has 2 N–H and O–H groups in total. The summed E-state index contributed by atoms with van der Waals surface area (Å²) >= 11 is 5.81. The minimum Gasteiger partial charge on any atom is -0.490 e.